The molecule has 5 nitrogen and oxygen atoms in total. The molecule has 5 heteroatoms. The molecule has 0 aliphatic carbocycles. The number of ether oxygens (including phenoxy) is 2. The Morgan fingerprint density at radius 2 is 2.06 bits per heavy atom. The van der Waals surface area contributed by atoms with Crippen molar-refractivity contribution in [2.45, 2.75) is 13.3 Å². The largest absolute Gasteiger partial charge is 0.481 e. The molecule has 1 N–H and O–H groups in total. The van der Waals surface area contributed by atoms with Crippen molar-refractivity contribution >= 4 is 0 Å². The SMILES string of the molecule is COCCNCCc1c(C)nn(C)c1OC. The van der Waals surface area contributed by atoms with E-state index in [0.29, 0.717) is 0 Å². The van der Waals surface area contributed by atoms with E-state index in [1.807, 2.05) is 14.0 Å². The van der Waals surface area contributed by atoms with Crippen molar-refractivity contribution in [2.75, 3.05) is 33.9 Å². The molecule has 1 heterocycles. The van der Waals surface area contributed by atoms with E-state index >= 15 is 0 Å². The van der Waals surface area contributed by atoms with Gasteiger partial charge >= 0.3 is 0 Å². The number of hydrogen-bond acceptors (Lipinski definition) is 4. The first-order valence-corrected chi connectivity index (χ1v) is 5.46. The molecule has 0 fully saturated rings. The van der Waals surface area contributed by atoms with Crippen molar-refractivity contribution in [2.24, 2.45) is 7.05 Å². The second-order valence-corrected chi connectivity index (χ2v) is 3.69. The summed E-state index contributed by atoms with van der Waals surface area (Å²) in [6.45, 7) is 4.53. The highest BCUT2D eigenvalue weighted by Crippen LogP contribution is 2.20. The third-order valence-electron chi connectivity index (χ3n) is 2.52. The lowest BCUT2D eigenvalue weighted by molar-refractivity contribution is 0.199. The predicted octanol–water partition coefficient (Wildman–Crippen LogP) is 0.516. The molecule has 0 saturated heterocycles. The molecule has 0 aliphatic rings. The molecule has 0 bridgehead atoms. The zero-order valence-electron chi connectivity index (χ0n) is 10.5. The highest BCUT2D eigenvalue weighted by molar-refractivity contribution is 5.31. The molecule has 0 aromatic carbocycles. The quantitative estimate of drug-likeness (QED) is 0.690. The summed E-state index contributed by atoms with van der Waals surface area (Å²) in [4.78, 5) is 0. The van der Waals surface area contributed by atoms with Gasteiger partial charge in [-0.1, -0.05) is 0 Å². The molecule has 0 radical (unpaired) electrons. The van der Waals surface area contributed by atoms with Crippen molar-refractivity contribution < 1.29 is 9.47 Å². The molecule has 0 spiro atoms. The van der Waals surface area contributed by atoms with Crippen LogP contribution in [0, 0.1) is 6.92 Å². The predicted molar refractivity (Wildman–Crippen MR) is 62.9 cm³/mol. The van der Waals surface area contributed by atoms with Gasteiger partial charge in [-0.05, 0) is 19.9 Å². The van der Waals surface area contributed by atoms with Gasteiger partial charge in [0.25, 0.3) is 0 Å². The topological polar surface area (TPSA) is 48.3 Å². The van der Waals surface area contributed by atoms with E-state index in [9.17, 15) is 0 Å². The summed E-state index contributed by atoms with van der Waals surface area (Å²) < 4.78 is 12.1. The van der Waals surface area contributed by atoms with Gasteiger partial charge in [-0.3, -0.25) is 0 Å². The molecule has 1 aromatic heterocycles. The van der Waals surface area contributed by atoms with Crippen LogP contribution in [-0.2, 0) is 18.2 Å². The van der Waals surface area contributed by atoms with E-state index in [0.717, 1.165) is 37.7 Å². The van der Waals surface area contributed by atoms with E-state index in [4.69, 9.17) is 9.47 Å². The Hall–Kier alpha value is -1.07. The molecule has 1 rings (SSSR count). The monoisotopic (exact) mass is 227 g/mol. The van der Waals surface area contributed by atoms with Gasteiger partial charge in [-0.25, -0.2) is 4.68 Å². The molecule has 0 saturated carbocycles. The van der Waals surface area contributed by atoms with E-state index in [-0.39, 0.29) is 0 Å². The number of aryl methyl sites for hydroxylation is 2. The van der Waals surface area contributed by atoms with Gasteiger partial charge in [0.1, 0.15) is 0 Å². The minimum absolute atomic E-state index is 0.739. The molecular weight excluding hydrogens is 206 g/mol. The average molecular weight is 227 g/mol. The molecule has 0 amide bonds. The summed E-state index contributed by atoms with van der Waals surface area (Å²) in [6.07, 6.45) is 0.923. The van der Waals surface area contributed by atoms with Crippen LogP contribution in [0.15, 0.2) is 0 Å². The maximum atomic E-state index is 5.32. The molecule has 16 heavy (non-hydrogen) atoms. The molecule has 1 aromatic rings. The summed E-state index contributed by atoms with van der Waals surface area (Å²) in [5.41, 5.74) is 2.21. The highest BCUT2D eigenvalue weighted by atomic mass is 16.5. The Balaban J connectivity index is 2.46. The molecule has 0 atom stereocenters. The second-order valence-electron chi connectivity index (χ2n) is 3.69. The summed E-state index contributed by atoms with van der Waals surface area (Å²) in [5.74, 6) is 0.853. The Bertz CT molecular complexity index is 323. The van der Waals surface area contributed by atoms with Gasteiger partial charge < -0.3 is 14.8 Å². The number of nitrogens with one attached hydrogen (secondary N) is 1. The third kappa shape index (κ3) is 3.21. The minimum atomic E-state index is 0.739. The minimum Gasteiger partial charge on any atom is -0.481 e. The van der Waals surface area contributed by atoms with Crippen molar-refractivity contribution in [3.63, 3.8) is 0 Å². The fourth-order valence-corrected chi connectivity index (χ4v) is 1.74. The molecular formula is C11H21N3O2. The maximum absolute atomic E-state index is 5.32. The number of methoxy groups -OCH3 is 2. The number of hydrogen-bond donors (Lipinski definition) is 1. The van der Waals surface area contributed by atoms with Crippen LogP contribution < -0.4 is 10.1 Å². The van der Waals surface area contributed by atoms with Crippen LogP contribution in [-0.4, -0.2) is 43.7 Å². The van der Waals surface area contributed by atoms with Crippen molar-refractivity contribution in [1.29, 1.82) is 0 Å². The first-order chi connectivity index (χ1) is 7.70. The zero-order valence-corrected chi connectivity index (χ0v) is 10.5. The van der Waals surface area contributed by atoms with Gasteiger partial charge in [0.2, 0.25) is 5.88 Å². The Labute approximate surface area is 96.7 Å². The van der Waals surface area contributed by atoms with Gasteiger partial charge in [0, 0.05) is 26.3 Å². The van der Waals surface area contributed by atoms with Crippen LogP contribution in [0.1, 0.15) is 11.3 Å². The van der Waals surface area contributed by atoms with E-state index < -0.39 is 0 Å². The summed E-state index contributed by atoms with van der Waals surface area (Å²) in [7, 11) is 5.28. The lowest BCUT2D eigenvalue weighted by atomic mass is 10.2. The van der Waals surface area contributed by atoms with Gasteiger partial charge in [0.05, 0.1) is 19.4 Å². The average Bonchev–Trinajstić information content (AvgIpc) is 2.53. The Morgan fingerprint density at radius 3 is 2.69 bits per heavy atom. The van der Waals surface area contributed by atoms with E-state index in [1.165, 1.54) is 5.56 Å². The van der Waals surface area contributed by atoms with Crippen molar-refractivity contribution in [3.05, 3.63) is 11.3 Å². The number of nitrogens with zero attached hydrogens (tertiary/aromatic N) is 2. The highest BCUT2D eigenvalue weighted by Gasteiger charge is 2.12. The summed E-state index contributed by atoms with van der Waals surface area (Å²) in [6, 6.07) is 0. The fraction of sp³-hybridized carbons (Fsp3) is 0.727. The van der Waals surface area contributed by atoms with E-state index in [1.54, 1.807) is 18.9 Å². The Morgan fingerprint density at radius 1 is 1.31 bits per heavy atom. The fourth-order valence-electron chi connectivity index (χ4n) is 1.74. The normalized spacial score (nSPS) is 10.8. The third-order valence-corrected chi connectivity index (χ3v) is 2.52. The van der Waals surface area contributed by atoms with Crippen LogP contribution in [0.2, 0.25) is 0 Å². The van der Waals surface area contributed by atoms with Gasteiger partial charge in [-0.2, -0.15) is 5.10 Å². The second kappa shape index (κ2) is 6.50. The summed E-state index contributed by atoms with van der Waals surface area (Å²) in [5, 5.41) is 7.64. The molecule has 92 valence electrons. The van der Waals surface area contributed by atoms with Crippen LogP contribution in [0.4, 0.5) is 0 Å². The number of aromatic nitrogens is 2. The first kappa shape index (κ1) is 13.0. The van der Waals surface area contributed by atoms with E-state index in [2.05, 4.69) is 10.4 Å². The van der Waals surface area contributed by atoms with Crippen LogP contribution in [0.5, 0.6) is 5.88 Å². The maximum Gasteiger partial charge on any atom is 0.214 e. The molecule has 0 unspecified atom stereocenters. The van der Waals surface area contributed by atoms with Crippen LogP contribution >= 0.6 is 0 Å². The van der Waals surface area contributed by atoms with Gasteiger partial charge in [0.15, 0.2) is 0 Å². The van der Waals surface area contributed by atoms with Crippen LogP contribution in [0.25, 0.3) is 0 Å². The van der Waals surface area contributed by atoms with Crippen LogP contribution in [0.3, 0.4) is 0 Å². The first-order valence-electron chi connectivity index (χ1n) is 5.46. The molecule has 0 aliphatic heterocycles. The lowest BCUT2D eigenvalue weighted by Gasteiger charge is -2.06. The van der Waals surface area contributed by atoms with Gasteiger partial charge in [-0.15, -0.1) is 0 Å². The Kier molecular flexibility index (Phi) is 5.28. The summed E-state index contributed by atoms with van der Waals surface area (Å²) >= 11 is 0. The number of rotatable bonds is 7. The smallest absolute Gasteiger partial charge is 0.214 e. The standard InChI is InChI=1S/C11H21N3O2/c1-9-10(5-6-12-7-8-15-3)11(16-4)14(2)13-9/h12H,5-8H2,1-4H3. The zero-order chi connectivity index (χ0) is 12.0. The lowest BCUT2D eigenvalue weighted by Crippen LogP contribution is -2.22. The van der Waals surface area contributed by atoms with Crippen molar-refractivity contribution in [3.8, 4) is 5.88 Å². The van der Waals surface area contributed by atoms with Crippen molar-refractivity contribution in [1.82, 2.24) is 15.1 Å².